The predicted octanol–water partition coefficient (Wildman–Crippen LogP) is 5.02. The van der Waals surface area contributed by atoms with Crippen molar-refractivity contribution < 1.29 is 43.7 Å². The Bertz CT molecular complexity index is 1080. The van der Waals surface area contributed by atoms with Crippen molar-refractivity contribution in [3.8, 4) is 0 Å². The molecule has 6 fully saturated rings. The SMILES string of the molecule is BC1CC2C(CCC3CC(OC4CC[C@@H](OC5C[C@H](O)C(OCC[C@H](C)[C@@H](CO)OC)C(C)O5)[C@@H](C)O4)CC[C@@]32C)C2(O)CCC(C)[C@@]12C. The standard InChI is InChI=1S/C39H69BO9/c1-22(32(21-41)44-7)14-17-45-36-25(4)47-35(20-30(36)42)49-31-10-11-34(46-24(31)3)48-27-13-15-37(5)26(18-27)8-9-28-29(37)19-33(40)38(6)23(2)12-16-39(28,38)43/h22-36,41-43H,8-21,40H2,1-7H3/t22-,23?,24+,25?,26?,27?,28?,29?,30-,31+,32+,33?,34?,35?,36?,37-,38-,39?/m0/s1. The van der Waals surface area contributed by atoms with E-state index < -0.39 is 24.1 Å². The van der Waals surface area contributed by atoms with E-state index in [1.165, 1.54) is 19.3 Å². The molecule has 6 aliphatic rings. The van der Waals surface area contributed by atoms with Crippen LogP contribution in [0, 0.1) is 40.4 Å². The topological polar surface area (TPSA) is 116 Å². The molecule has 282 valence electrons. The van der Waals surface area contributed by atoms with E-state index in [2.05, 4.69) is 35.5 Å². The van der Waals surface area contributed by atoms with Crippen molar-refractivity contribution in [2.75, 3.05) is 20.3 Å². The maximum Gasteiger partial charge on any atom is 0.161 e. The molecule has 4 aliphatic carbocycles. The second-order valence-corrected chi connectivity index (χ2v) is 18.0. The molecule has 4 saturated carbocycles. The molecular formula is C39H69BO9. The fraction of sp³-hybridized carbons (Fsp3) is 1.00. The van der Waals surface area contributed by atoms with Crippen molar-refractivity contribution in [3.63, 3.8) is 0 Å². The first-order valence-electron chi connectivity index (χ1n) is 20.0. The van der Waals surface area contributed by atoms with Crippen molar-refractivity contribution in [2.45, 2.75) is 185 Å². The molecule has 0 aromatic carbocycles. The third-order valence-corrected chi connectivity index (χ3v) is 15.7. The van der Waals surface area contributed by atoms with Crippen LogP contribution in [-0.4, -0.2) is 104 Å². The zero-order chi connectivity index (χ0) is 35.3. The third-order valence-electron chi connectivity index (χ3n) is 15.7. The first-order chi connectivity index (χ1) is 23.2. The number of hydrogen-bond acceptors (Lipinski definition) is 9. The summed E-state index contributed by atoms with van der Waals surface area (Å²) < 4.78 is 37.1. The summed E-state index contributed by atoms with van der Waals surface area (Å²) in [6.07, 6.45) is 9.33. The smallest absolute Gasteiger partial charge is 0.161 e. The van der Waals surface area contributed by atoms with Gasteiger partial charge in [0.2, 0.25) is 0 Å². The second-order valence-electron chi connectivity index (χ2n) is 18.0. The Kier molecular flexibility index (Phi) is 11.9. The molecule has 11 unspecified atom stereocenters. The minimum Gasteiger partial charge on any atom is -0.394 e. The highest BCUT2D eigenvalue weighted by atomic mass is 16.7. The summed E-state index contributed by atoms with van der Waals surface area (Å²) in [6, 6.07) is 0. The Morgan fingerprint density at radius 2 is 1.63 bits per heavy atom. The van der Waals surface area contributed by atoms with E-state index in [-0.39, 0.29) is 60.2 Å². The molecule has 0 bridgehead atoms. The van der Waals surface area contributed by atoms with E-state index in [1.54, 1.807) is 7.11 Å². The summed E-state index contributed by atoms with van der Waals surface area (Å²) in [5.74, 6) is 2.96. The Hall–Kier alpha value is -0.295. The van der Waals surface area contributed by atoms with E-state index >= 15 is 0 Å². The minimum absolute atomic E-state index is 0.0229. The summed E-state index contributed by atoms with van der Waals surface area (Å²) >= 11 is 0. The number of fused-ring (bicyclic) bond motifs is 5. The lowest BCUT2D eigenvalue weighted by atomic mass is 9.39. The van der Waals surface area contributed by atoms with Crippen molar-refractivity contribution in [1.29, 1.82) is 0 Å². The van der Waals surface area contributed by atoms with Crippen molar-refractivity contribution in [2.24, 2.45) is 40.4 Å². The highest BCUT2D eigenvalue weighted by molar-refractivity contribution is 6.12. The Balaban J connectivity index is 0.953. The third kappa shape index (κ3) is 7.07. The largest absolute Gasteiger partial charge is 0.394 e. The van der Waals surface area contributed by atoms with Crippen LogP contribution in [0.1, 0.15) is 119 Å². The summed E-state index contributed by atoms with van der Waals surface area (Å²) in [5, 5.41) is 32.8. The molecule has 6 rings (SSSR count). The molecule has 0 radical (unpaired) electrons. The Labute approximate surface area is 297 Å². The molecule has 2 aliphatic heterocycles. The highest BCUT2D eigenvalue weighted by Gasteiger charge is 2.68. The van der Waals surface area contributed by atoms with Crippen LogP contribution < -0.4 is 0 Å². The molecule has 2 heterocycles. The average molecular weight is 693 g/mol. The van der Waals surface area contributed by atoms with Gasteiger partial charge in [-0.3, -0.25) is 0 Å². The van der Waals surface area contributed by atoms with Crippen molar-refractivity contribution >= 4 is 7.85 Å². The first kappa shape index (κ1) is 38.4. The van der Waals surface area contributed by atoms with Gasteiger partial charge < -0.3 is 43.7 Å². The van der Waals surface area contributed by atoms with Gasteiger partial charge in [-0.1, -0.05) is 39.9 Å². The maximum atomic E-state index is 12.4. The molecule has 0 amide bonds. The van der Waals surface area contributed by atoms with Crippen molar-refractivity contribution in [3.05, 3.63) is 0 Å². The quantitative estimate of drug-likeness (QED) is 0.203. The molecule has 2 saturated heterocycles. The van der Waals surface area contributed by atoms with Gasteiger partial charge in [0, 0.05) is 26.6 Å². The van der Waals surface area contributed by atoms with Gasteiger partial charge in [0.05, 0.1) is 48.8 Å². The lowest BCUT2D eigenvalue weighted by molar-refractivity contribution is -0.303. The summed E-state index contributed by atoms with van der Waals surface area (Å²) in [7, 11) is 4.04. The Morgan fingerprint density at radius 3 is 2.33 bits per heavy atom. The minimum atomic E-state index is -0.686. The summed E-state index contributed by atoms with van der Waals surface area (Å²) in [6.45, 7) is 13.8. The van der Waals surface area contributed by atoms with Crippen LogP contribution in [0.4, 0.5) is 0 Å². The van der Waals surface area contributed by atoms with E-state index in [1.807, 2.05) is 13.8 Å². The van der Waals surface area contributed by atoms with Crippen LogP contribution in [0.25, 0.3) is 0 Å². The van der Waals surface area contributed by atoms with Crippen LogP contribution in [0.2, 0.25) is 5.82 Å². The predicted molar refractivity (Wildman–Crippen MR) is 190 cm³/mol. The van der Waals surface area contributed by atoms with Gasteiger partial charge in [0.15, 0.2) is 12.6 Å². The first-order valence-corrected chi connectivity index (χ1v) is 20.0. The lowest BCUT2D eigenvalue weighted by Crippen LogP contribution is -2.63. The van der Waals surface area contributed by atoms with E-state index in [4.69, 9.17) is 28.4 Å². The van der Waals surface area contributed by atoms with E-state index in [0.717, 1.165) is 51.4 Å². The van der Waals surface area contributed by atoms with Crippen LogP contribution in [0.15, 0.2) is 0 Å². The normalized spacial score (nSPS) is 51.3. The van der Waals surface area contributed by atoms with Gasteiger partial charge in [-0.25, -0.2) is 0 Å². The van der Waals surface area contributed by atoms with Crippen molar-refractivity contribution in [1.82, 2.24) is 0 Å². The van der Waals surface area contributed by atoms with Gasteiger partial charge in [-0.05, 0) is 112 Å². The second kappa shape index (κ2) is 15.2. The lowest BCUT2D eigenvalue weighted by Gasteiger charge is -2.65. The highest BCUT2D eigenvalue weighted by Crippen LogP contribution is 2.71. The molecular weight excluding hydrogens is 623 g/mol. The molecule has 10 heteroatoms. The monoisotopic (exact) mass is 693 g/mol. The van der Waals surface area contributed by atoms with Gasteiger partial charge in [-0.15, -0.1) is 0 Å². The van der Waals surface area contributed by atoms with Crippen LogP contribution >= 0.6 is 0 Å². The fourth-order valence-electron chi connectivity index (χ4n) is 12.1. The number of aliphatic hydroxyl groups is 3. The number of aliphatic hydroxyl groups excluding tert-OH is 2. The van der Waals surface area contributed by atoms with Crippen LogP contribution in [0.3, 0.4) is 0 Å². The zero-order valence-electron chi connectivity index (χ0n) is 31.9. The molecule has 18 atom stereocenters. The molecule has 9 nitrogen and oxygen atoms in total. The number of hydrogen-bond donors (Lipinski definition) is 3. The molecule has 3 N–H and O–H groups in total. The summed E-state index contributed by atoms with van der Waals surface area (Å²) in [4.78, 5) is 0. The number of methoxy groups -OCH3 is 1. The van der Waals surface area contributed by atoms with E-state index in [9.17, 15) is 15.3 Å². The van der Waals surface area contributed by atoms with Gasteiger partial charge >= 0.3 is 0 Å². The average Bonchev–Trinajstić information content (AvgIpc) is 3.31. The Morgan fingerprint density at radius 1 is 0.878 bits per heavy atom. The van der Waals surface area contributed by atoms with Gasteiger partial charge in [-0.2, -0.15) is 0 Å². The zero-order valence-corrected chi connectivity index (χ0v) is 31.9. The molecule has 49 heavy (non-hydrogen) atoms. The maximum absolute atomic E-state index is 12.4. The van der Waals surface area contributed by atoms with Crippen LogP contribution in [-0.2, 0) is 28.4 Å². The number of ether oxygens (including phenoxy) is 6. The summed E-state index contributed by atoms with van der Waals surface area (Å²) in [5.41, 5.74) is -0.193. The van der Waals surface area contributed by atoms with E-state index in [0.29, 0.717) is 42.5 Å². The number of rotatable bonds is 11. The fourth-order valence-corrected chi connectivity index (χ4v) is 12.1. The molecule has 0 spiro atoms. The molecule has 0 aromatic rings. The van der Waals surface area contributed by atoms with Gasteiger partial charge in [0.25, 0.3) is 0 Å². The van der Waals surface area contributed by atoms with Crippen LogP contribution in [0.5, 0.6) is 0 Å². The van der Waals surface area contributed by atoms with Gasteiger partial charge in [0.1, 0.15) is 14.0 Å². The molecule has 0 aromatic heterocycles.